The normalized spacial score (nSPS) is 11.4. The highest BCUT2D eigenvalue weighted by molar-refractivity contribution is 7.89. The van der Waals surface area contributed by atoms with Crippen LogP contribution in [0.25, 0.3) is 17.0 Å². The van der Waals surface area contributed by atoms with Gasteiger partial charge in [-0.25, -0.2) is 13.1 Å². The average Bonchev–Trinajstić information content (AvgIpc) is 3.34. The number of benzene rings is 2. The second-order valence-corrected chi connectivity index (χ2v) is 9.72. The molecule has 11 nitrogen and oxygen atoms in total. The first-order valence-electron chi connectivity index (χ1n) is 11.8. The minimum absolute atomic E-state index is 0.0571. The van der Waals surface area contributed by atoms with Crippen molar-refractivity contribution < 1.29 is 27.4 Å². The topological polar surface area (TPSA) is 126 Å². The molecule has 1 N–H and O–H groups in total. The van der Waals surface area contributed by atoms with Gasteiger partial charge in [-0.3, -0.25) is 0 Å². The van der Waals surface area contributed by atoms with E-state index in [2.05, 4.69) is 26.9 Å². The van der Waals surface area contributed by atoms with Crippen molar-refractivity contribution in [2.45, 2.75) is 24.7 Å². The van der Waals surface area contributed by atoms with Gasteiger partial charge >= 0.3 is 0 Å². The van der Waals surface area contributed by atoms with Gasteiger partial charge < -0.3 is 18.9 Å². The Morgan fingerprint density at radius 2 is 1.68 bits per heavy atom. The first-order valence-corrected chi connectivity index (χ1v) is 13.2. The van der Waals surface area contributed by atoms with E-state index in [1.807, 2.05) is 6.07 Å². The van der Waals surface area contributed by atoms with Gasteiger partial charge in [-0.1, -0.05) is 13.3 Å². The fraction of sp³-hybridized carbons (Fsp3) is 0.320. The highest BCUT2D eigenvalue weighted by Gasteiger charge is 2.15. The van der Waals surface area contributed by atoms with E-state index in [1.54, 1.807) is 55.1 Å². The van der Waals surface area contributed by atoms with Crippen molar-refractivity contribution in [3.8, 4) is 34.5 Å². The van der Waals surface area contributed by atoms with E-state index in [-0.39, 0.29) is 18.0 Å². The summed E-state index contributed by atoms with van der Waals surface area (Å²) < 4.78 is 51.2. The van der Waals surface area contributed by atoms with Crippen molar-refractivity contribution in [2.24, 2.45) is 0 Å². The molecule has 0 amide bonds. The molecule has 196 valence electrons. The second-order valence-electron chi connectivity index (χ2n) is 7.95. The zero-order valence-corrected chi connectivity index (χ0v) is 21.7. The standard InChI is InChI=1S/C25H29N5O6S/c1-4-5-15-35-19-7-9-20(10-8-19)37(31,32)26-14-16-36-24-13-12-23-27-28-25(30(23)29-24)18-6-11-21(33-2)22(17-18)34-3/h6-13,17,26H,4-5,14-16H2,1-3H3. The molecule has 12 heteroatoms. The largest absolute Gasteiger partial charge is 0.494 e. The average molecular weight is 528 g/mol. The molecule has 4 aromatic rings. The summed E-state index contributed by atoms with van der Waals surface area (Å²) >= 11 is 0. The smallest absolute Gasteiger partial charge is 0.240 e. The summed E-state index contributed by atoms with van der Waals surface area (Å²) in [6.07, 6.45) is 1.97. The third-order valence-corrected chi connectivity index (χ3v) is 6.90. The van der Waals surface area contributed by atoms with E-state index in [9.17, 15) is 8.42 Å². The molecule has 0 saturated heterocycles. The van der Waals surface area contributed by atoms with Crippen LogP contribution in [0.2, 0.25) is 0 Å². The van der Waals surface area contributed by atoms with Crippen LogP contribution in [0.15, 0.2) is 59.5 Å². The van der Waals surface area contributed by atoms with E-state index >= 15 is 0 Å². The molecular weight excluding hydrogens is 498 g/mol. The molecule has 2 aromatic carbocycles. The summed E-state index contributed by atoms with van der Waals surface area (Å²) in [6, 6.07) is 15.1. The first kappa shape index (κ1) is 26.2. The van der Waals surface area contributed by atoms with Crippen LogP contribution in [0, 0.1) is 0 Å². The predicted octanol–water partition coefficient (Wildman–Crippen LogP) is 3.34. The lowest BCUT2D eigenvalue weighted by Gasteiger charge is -2.10. The quantitative estimate of drug-likeness (QED) is 0.261. The fourth-order valence-electron chi connectivity index (χ4n) is 3.47. The molecule has 4 rings (SSSR count). The molecule has 0 spiro atoms. The summed E-state index contributed by atoms with van der Waals surface area (Å²) in [6.45, 7) is 2.81. The highest BCUT2D eigenvalue weighted by Crippen LogP contribution is 2.31. The van der Waals surface area contributed by atoms with Crippen LogP contribution in [0.3, 0.4) is 0 Å². The van der Waals surface area contributed by atoms with Gasteiger partial charge in [0.1, 0.15) is 12.4 Å². The summed E-state index contributed by atoms with van der Waals surface area (Å²) in [5, 5.41) is 12.8. The molecule has 0 radical (unpaired) electrons. The molecule has 0 aliphatic heterocycles. The van der Waals surface area contributed by atoms with Crippen LogP contribution in [0.4, 0.5) is 0 Å². The number of sulfonamides is 1. The number of nitrogens with one attached hydrogen (secondary N) is 1. The molecular formula is C25H29N5O6S. The third kappa shape index (κ3) is 6.27. The highest BCUT2D eigenvalue weighted by atomic mass is 32.2. The second kappa shape index (κ2) is 11.9. The van der Waals surface area contributed by atoms with Crippen LogP contribution < -0.4 is 23.7 Å². The Morgan fingerprint density at radius 3 is 2.41 bits per heavy atom. The van der Waals surface area contributed by atoms with Crippen molar-refractivity contribution >= 4 is 15.7 Å². The predicted molar refractivity (Wildman–Crippen MR) is 137 cm³/mol. The van der Waals surface area contributed by atoms with E-state index in [1.165, 1.54) is 12.1 Å². The maximum atomic E-state index is 12.6. The number of fused-ring (bicyclic) bond motifs is 1. The fourth-order valence-corrected chi connectivity index (χ4v) is 4.48. The summed E-state index contributed by atoms with van der Waals surface area (Å²) in [7, 11) is -0.570. The number of hydrogen-bond donors (Lipinski definition) is 1. The number of hydrogen-bond acceptors (Lipinski definition) is 9. The molecule has 2 aromatic heterocycles. The van der Waals surface area contributed by atoms with Gasteiger partial charge in [0, 0.05) is 18.2 Å². The molecule has 0 aliphatic carbocycles. The Morgan fingerprint density at radius 1 is 0.892 bits per heavy atom. The van der Waals surface area contributed by atoms with Crippen molar-refractivity contribution in [1.82, 2.24) is 24.5 Å². The Labute approximate surface area is 215 Å². The van der Waals surface area contributed by atoms with Crippen molar-refractivity contribution in [3.63, 3.8) is 0 Å². The Hall–Kier alpha value is -3.90. The van der Waals surface area contributed by atoms with Gasteiger partial charge in [0.05, 0.1) is 25.7 Å². The molecule has 37 heavy (non-hydrogen) atoms. The maximum absolute atomic E-state index is 12.6. The monoisotopic (exact) mass is 527 g/mol. The molecule has 0 saturated carbocycles. The lowest BCUT2D eigenvalue weighted by Crippen LogP contribution is -2.28. The zero-order chi connectivity index (χ0) is 26.3. The lowest BCUT2D eigenvalue weighted by molar-refractivity contribution is 0.305. The van der Waals surface area contributed by atoms with Gasteiger partial charge in [-0.05, 0) is 55.0 Å². The number of methoxy groups -OCH3 is 2. The third-order valence-electron chi connectivity index (χ3n) is 5.42. The summed E-state index contributed by atoms with van der Waals surface area (Å²) in [5.74, 6) is 2.57. The Balaban J connectivity index is 1.38. The van der Waals surface area contributed by atoms with Crippen LogP contribution in [-0.2, 0) is 10.0 Å². The molecule has 0 bridgehead atoms. The Kier molecular flexibility index (Phi) is 8.41. The summed E-state index contributed by atoms with van der Waals surface area (Å²) in [5.41, 5.74) is 1.25. The van der Waals surface area contributed by atoms with Crippen LogP contribution in [0.5, 0.6) is 23.1 Å². The van der Waals surface area contributed by atoms with Gasteiger partial charge in [0.2, 0.25) is 15.9 Å². The van der Waals surface area contributed by atoms with E-state index in [0.717, 1.165) is 18.4 Å². The van der Waals surface area contributed by atoms with Crippen molar-refractivity contribution in [1.29, 1.82) is 0 Å². The van der Waals surface area contributed by atoms with Crippen LogP contribution >= 0.6 is 0 Å². The lowest BCUT2D eigenvalue weighted by atomic mass is 10.2. The van der Waals surface area contributed by atoms with E-state index < -0.39 is 10.0 Å². The maximum Gasteiger partial charge on any atom is 0.240 e. The SMILES string of the molecule is CCCCOc1ccc(S(=O)(=O)NCCOc2ccc3nnc(-c4ccc(OC)c(OC)c4)n3n2)cc1. The molecule has 0 fully saturated rings. The molecule has 0 atom stereocenters. The number of rotatable bonds is 13. The minimum atomic E-state index is -3.69. The zero-order valence-electron chi connectivity index (χ0n) is 20.9. The molecule has 0 unspecified atom stereocenters. The number of unbranched alkanes of at least 4 members (excludes halogenated alkanes) is 1. The van der Waals surface area contributed by atoms with Gasteiger partial charge in [0.15, 0.2) is 23.0 Å². The number of ether oxygens (including phenoxy) is 4. The summed E-state index contributed by atoms with van der Waals surface area (Å²) in [4.78, 5) is 0.152. The minimum Gasteiger partial charge on any atom is -0.494 e. The van der Waals surface area contributed by atoms with Gasteiger partial charge in [0.25, 0.3) is 0 Å². The van der Waals surface area contributed by atoms with E-state index in [0.29, 0.717) is 41.2 Å². The van der Waals surface area contributed by atoms with E-state index in [4.69, 9.17) is 18.9 Å². The van der Waals surface area contributed by atoms with Gasteiger partial charge in [-0.15, -0.1) is 15.3 Å². The Bertz CT molecular complexity index is 1440. The molecule has 2 heterocycles. The number of aromatic nitrogens is 4. The van der Waals surface area contributed by atoms with Crippen molar-refractivity contribution in [2.75, 3.05) is 34.0 Å². The van der Waals surface area contributed by atoms with Crippen LogP contribution in [-0.4, -0.2) is 62.2 Å². The molecule has 0 aliphatic rings. The van der Waals surface area contributed by atoms with Crippen LogP contribution in [0.1, 0.15) is 19.8 Å². The first-order chi connectivity index (χ1) is 17.9. The van der Waals surface area contributed by atoms with Crippen molar-refractivity contribution in [3.05, 3.63) is 54.6 Å². The van der Waals surface area contributed by atoms with Gasteiger partial charge in [-0.2, -0.15) is 4.52 Å². The number of nitrogens with zero attached hydrogens (tertiary/aromatic N) is 4.